The number of aliphatic imine (C=N–C) groups is 1. The summed E-state index contributed by atoms with van der Waals surface area (Å²) >= 11 is 1.81. The molecule has 1 aliphatic heterocycles. The van der Waals surface area contributed by atoms with Gasteiger partial charge in [-0.3, -0.25) is 4.99 Å². The molecule has 0 spiro atoms. The van der Waals surface area contributed by atoms with E-state index < -0.39 is 0 Å². The maximum Gasteiger partial charge on any atom is 0.162 e. The minimum atomic E-state index is 0.0334. The van der Waals surface area contributed by atoms with Crippen molar-refractivity contribution in [3.05, 3.63) is 72.1 Å². The lowest BCUT2D eigenvalue weighted by Gasteiger charge is -2.17. The Balaban J connectivity index is 1.76. The van der Waals surface area contributed by atoms with E-state index in [-0.39, 0.29) is 6.04 Å². The summed E-state index contributed by atoms with van der Waals surface area (Å²) in [6.07, 6.45) is 2.08. The fourth-order valence-corrected chi connectivity index (χ4v) is 4.28. The molecule has 0 amide bonds. The average Bonchev–Trinajstić information content (AvgIpc) is 3.16. The Bertz CT molecular complexity index is 979. The second kappa shape index (κ2) is 7.53. The van der Waals surface area contributed by atoms with Gasteiger partial charge in [-0.25, -0.2) is 0 Å². The summed E-state index contributed by atoms with van der Waals surface area (Å²) in [4.78, 5) is 6.30. The first kappa shape index (κ1) is 17.7. The molecule has 1 aromatic heterocycles. The van der Waals surface area contributed by atoms with Crippen LogP contribution in [0.5, 0.6) is 11.5 Å². The van der Waals surface area contributed by atoms with Crippen molar-refractivity contribution in [1.29, 1.82) is 0 Å². The van der Waals surface area contributed by atoms with Gasteiger partial charge in [0.2, 0.25) is 0 Å². The number of nitrogens with zero attached hydrogens (tertiary/aromatic N) is 2. The van der Waals surface area contributed by atoms with Gasteiger partial charge in [0, 0.05) is 28.5 Å². The van der Waals surface area contributed by atoms with Crippen LogP contribution in [0.1, 0.15) is 24.2 Å². The van der Waals surface area contributed by atoms with Crippen molar-refractivity contribution in [1.82, 2.24) is 4.57 Å². The number of benzene rings is 2. The van der Waals surface area contributed by atoms with Gasteiger partial charge in [0.25, 0.3) is 0 Å². The molecular formula is C22H22N2O2S. The third-order valence-electron chi connectivity index (χ3n) is 4.76. The molecule has 2 heterocycles. The Morgan fingerprint density at radius 3 is 2.48 bits per heavy atom. The number of hydrogen-bond donors (Lipinski definition) is 0. The minimum Gasteiger partial charge on any atom is -0.493 e. The predicted octanol–water partition coefficient (Wildman–Crippen LogP) is 5.15. The Hall–Kier alpha value is -2.66. The van der Waals surface area contributed by atoms with Crippen LogP contribution < -0.4 is 9.47 Å². The summed E-state index contributed by atoms with van der Waals surface area (Å²) in [7, 11) is 3.33. The third kappa shape index (κ3) is 3.35. The summed E-state index contributed by atoms with van der Waals surface area (Å²) in [5, 5.41) is 0. The summed E-state index contributed by atoms with van der Waals surface area (Å²) in [5.74, 6) is 2.28. The zero-order chi connectivity index (χ0) is 18.8. The molecule has 2 aromatic carbocycles. The topological polar surface area (TPSA) is 35.8 Å². The monoisotopic (exact) mass is 378 g/mol. The van der Waals surface area contributed by atoms with Gasteiger partial charge in [-0.2, -0.15) is 0 Å². The van der Waals surface area contributed by atoms with Crippen molar-refractivity contribution in [3.63, 3.8) is 0 Å². The molecule has 0 aliphatic carbocycles. The lowest BCUT2D eigenvalue weighted by atomic mass is 10.1. The zero-order valence-electron chi connectivity index (χ0n) is 15.7. The maximum atomic E-state index is 5.52. The molecule has 4 nitrogen and oxygen atoms in total. The molecule has 1 aliphatic rings. The lowest BCUT2D eigenvalue weighted by molar-refractivity contribution is 0.354. The number of ether oxygens (including phenoxy) is 2. The Morgan fingerprint density at radius 1 is 1.00 bits per heavy atom. The van der Waals surface area contributed by atoms with Crippen LogP contribution in [0.3, 0.4) is 0 Å². The van der Waals surface area contributed by atoms with E-state index in [1.807, 2.05) is 18.2 Å². The van der Waals surface area contributed by atoms with Gasteiger partial charge in [0.05, 0.1) is 37.4 Å². The molecule has 0 unspecified atom stereocenters. The molecule has 3 aromatic rings. The second-order valence-corrected chi connectivity index (χ2v) is 7.43. The van der Waals surface area contributed by atoms with Gasteiger partial charge in [-0.05, 0) is 37.3 Å². The first-order chi connectivity index (χ1) is 13.2. The molecular weight excluding hydrogens is 356 g/mol. The molecule has 0 N–H and O–H groups in total. The van der Waals surface area contributed by atoms with E-state index in [1.165, 1.54) is 4.90 Å². The standard InChI is InChI=1S/C22H22N2O2S/c1-15-17-12-21(25-2)22(26-3)13-20(17)24-11-7-10-19(24)18(23-15)14-27-16-8-5-4-6-9-16/h4-13,15H,14H2,1-3H3/t15-/m1/s1. The van der Waals surface area contributed by atoms with Crippen LogP contribution in [0.2, 0.25) is 0 Å². The number of thioether (sulfide) groups is 1. The van der Waals surface area contributed by atoms with Crippen LogP contribution in [-0.2, 0) is 0 Å². The van der Waals surface area contributed by atoms with Crippen LogP contribution in [0.4, 0.5) is 0 Å². The maximum absolute atomic E-state index is 5.52. The first-order valence-corrected chi connectivity index (χ1v) is 9.88. The van der Waals surface area contributed by atoms with Crippen molar-refractivity contribution in [2.75, 3.05) is 20.0 Å². The van der Waals surface area contributed by atoms with Gasteiger partial charge in [-0.1, -0.05) is 18.2 Å². The van der Waals surface area contributed by atoms with Gasteiger partial charge >= 0.3 is 0 Å². The fraction of sp³-hybridized carbons (Fsp3) is 0.227. The third-order valence-corrected chi connectivity index (χ3v) is 5.78. The van der Waals surface area contributed by atoms with Crippen LogP contribution in [0.25, 0.3) is 5.69 Å². The average molecular weight is 378 g/mol. The normalized spacial score (nSPS) is 15.4. The van der Waals surface area contributed by atoms with Crippen LogP contribution >= 0.6 is 11.8 Å². The summed E-state index contributed by atoms with van der Waals surface area (Å²) in [5.41, 5.74) is 4.43. The lowest BCUT2D eigenvalue weighted by Crippen LogP contribution is -2.09. The van der Waals surface area contributed by atoms with Crippen LogP contribution in [0.15, 0.2) is 70.7 Å². The summed E-state index contributed by atoms with van der Waals surface area (Å²) in [6, 6.07) is 18.7. The second-order valence-electron chi connectivity index (χ2n) is 6.38. The summed E-state index contributed by atoms with van der Waals surface area (Å²) < 4.78 is 13.2. The molecule has 138 valence electrons. The molecule has 0 saturated carbocycles. The number of hydrogen-bond acceptors (Lipinski definition) is 4. The van der Waals surface area contributed by atoms with E-state index in [9.17, 15) is 0 Å². The number of rotatable bonds is 5. The number of methoxy groups -OCH3 is 2. The Labute approximate surface area is 163 Å². The largest absolute Gasteiger partial charge is 0.493 e. The Kier molecular flexibility index (Phi) is 4.94. The van der Waals surface area contributed by atoms with Gasteiger partial charge in [0.1, 0.15) is 0 Å². The highest BCUT2D eigenvalue weighted by Gasteiger charge is 2.23. The highest BCUT2D eigenvalue weighted by molar-refractivity contribution is 8.00. The van der Waals surface area contributed by atoms with E-state index in [0.29, 0.717) is 0 Å². The van der Waals surface area contributed by atoms with Crippen LogP contribution in [0, 0.1) is 0 Å². The SMILES string of the molecule is COc1cc2c(cc1OC)-n1cccc1C(CSc1ccccc1)=N[C@@H]2C. The van der Waals surface area contributed by atoms with Crippen molar-refractivity contribution >= 4 is 17.5 Å². The predicted molar refractivity (Wildman–Crippen MR) is 111 cm³/mol. The minimum absolute atomic E-state index is 0.0334. The number of aromatic nitrogens is 1. The molecule has 0 fully saturated rings. The van der Waals surface area contributed by atoms with E-state index in [4.69, 9.17) is 14.5 Å². The van der Waals surface area contributed by atoms with Crippen molar-refractivity contribution in [2.45, 2.75) is 17.9 Å². The number of fused-ring (bicyclic) bond motifs is 3. The Morgan fingerprint density at radius 2 is 1.74 bits per heavy atom. The molecule has 0 bridgehead atoms. The van der Waals surface area contributed by atoms with Crippen molar-refractivity contribution in [2.24, 2.45) is 4.99 Å². The zero-order valence-corrected chi connectivity index (χ0v) is 16.5. The van der Waals surface area contributed by atoms with Gasteiger partial charge < -0.3 is 14.0 Å². The van der Waals surface area contributed by atoms with E-state index in [2.05, 4.69) is 54.1 Å². The highest BCUT2D eigenvalue weighted by Crippen LogP contribution is 2.39. The highest BCUT2D eigenvalue weighted by atomic mass is 32.2. The molecule has 1 atom stereocenters. The smallest absolute Gasteiger partial charge is 0.162 e. The van der Waals surface area contributed by atoms with Crippen molar-refractivity contribution < 1.29 is 9.47 Å². The first-order valence-electron chi connectivity index (χ1n) is 8.90. The summed E-state index contributed by atoms with van der Waals surface area (Å²) in [6.45, 7) is 2.13. The molecule has 0 saturated heterocycles. The van der Waals surface area contributed by atoms with Gasteiger partial charge in [0.15, 0.2) is 11.5 Å². The van der Waals surface area contributed by atoms with Gasteiger partial charge in [-0.15, -0.1) is 11.8 Å². The molecule has 0 radical (unpaired) electrons. The van der Waals surface area contributed by atoms with Crippen LogP contribution in [-0.4, -0.2) is 30.3 Å². The van der Waals surface area contributed by atoms with E-state index >= 15 is 0 Å². The molecule has 5 heteroatoms. The molecule has 27 heavy (non-hydrogen) atoms. The van der Waals surface area contributed by atoms with E-state index in [1.54, 1.807) is 26.0 Å². The molecule has 4 rings (SSSR count). The fourth-order valence-electron chi connectivity index (χ4n) is 3.40. The quantitative estimate of drug-likeness (QED) is 0.576. The van der Waals surface area contributed by atoms with Crippen molar-refractivity contribution in [3.8, 4) is 17.2 Å². The van der Waals surface area contributed by atoms with E-state index in [0.717, 1.165) is 39.9 Å².